The standard InChI is InChI=1S/C22H27ClFN5O5.C2H7N/c1-4-29-17(9-14(11-25-2)28(3)18(31)12-30)27-19(20(32)22(29)34)21(33)26-10-13-5-7-15(23)16(24)8-6-13;1-3-2/h5-6,8,12,14,25,32H,4,7,9-11H2,1-3H3,(H,26,33);3H,1-2H3. The van der Waals surface area contributed by atoms with Crippen LogP contribution >= 0.6 is 11.6 Å². The molecule has 2 rings (SSSR count). The summed E-state index contributed by atoms with van der Waals surface area (Å²) in [5, 5.41) is 18.6. The van der Waals surface area contributed by atoms with Crippen molar-refractivity contribution in [2.24, 2.45) is 0 Å². The fraction of sp³-hybridized carbons (Fsp3) is 0.458. The van der Waals surface area contributed by atoms with Gasteiger partial charge in [-0.15, -0.1) is 0 Å². The van der Waals surface area contributed by atoms with Crippen molar-refractivity contribution >= 4 is 29.7 Å². The number of allylic oxidation sites excluding steroid dienone is 4. The molecule has 0 saturated heterocycles. The first-order chi connectivity index (χ1) is 17.6. The minimum atomic E-state index is -0.813. The maximum Gasteiger partial charge on any atom is 0.296 e. The van der Waals surface area contributed by atoms with Gasteiger partial charge in [0.15, 0.2) is 5.69 Å². The van der Waals surface area contributed by atoms with Gasteiger partial charge in [0, 0.05) is 39.5 Å². The zero-order valence-corrected chi connectivity index (χ0v) is 22.4. The van der Waals surface area contributed by atoms with E-state index in [1.807, 2.05) is 14.1 Å². The summed E-state index contributed by atoms with van der Waals surface area (Å²) in [5.74, 6) is -2.78. The second-order valence-electron chi connectivity index (χ2n) is 8.01. The van der Waals surface area contributed by atoms with Crippen LogP contribution in [0.3, 0.4) is 0 Å². The first-order valence-corrected chi connectivity index (χ1v) is 11.9. The Kier molecular flexibility index (Phi) is 13.4. The lowest BCUT2D eigenvalue weighted by atomic mass is 10.1. The highest BCUT2D eigenvalue weighted by Crippen LogP contribution is 2.21. The maximum absolute atomic E-state index is 13.6. The number of aromatic nitrogens is 2. The molecule has 1 aromatic rings. The van der Waals surface area contributed by atoms with Crippen LogP contribution in [0.4, 0.5) is 4.39 Å². The Hall–Kier alpha value is -3.35. The van der Waals surface area contributed by atoms with E-state index in [1.54, 1.807) is 20.0 Å². The van der Waals surface area contributed by atoms with Crippen molar-refractivity contribution in [2.45, 2.75) is 32.4 Å². The topological polar surface area (TPSA) is 146 Å². The molecular weight excluding hydrogens is 507 g/mol. The molecule has 0 aromatic carbocycles. The number of nitrogens with zero attached hydrogens (tertiary/aromatic N) is 3. The summed E-state index contributed by atoms with van der Waals surface area (Å²) < 4.78 is 14.8. The number of hydrogen-bond donors (Lipinski definition) is 4. The molecule has 0 fully saturated rings. The van der Waals surface area contributed by atoms with Crippen molar-refractivity contribution in [1.29, 1.82) is 0 Å². The lowest BCUT2D eigenvalue weighted by Gasteiger charge is -2.27. The van der Waals surface area contributed by atoms with Crippen molar-refractivity contribution in [3.8, 4) is 5.75 Å². The van der Waals surface area contributed by atoms with E-state index in [9.17, 15) is 28.7 Å². The predicted molar refractivity (Wildman–Crippen MR) is 139 cm³/mol. The summed E-state index contributed by atoms with van der Waals surface area (Å²) in [6.45, 7) is 2.10. The van der Waals surface area contributed by atoms with Crippen LogP contribution in [0.5, 0.6) is 5.75 Å². The minimum Gasteiger partial charge on any atom is -0.501 e. The fourth-order valence-corrected chi connectivity index (χ4v) is 3.48. The van der Waals surface area contributed by atoms with Crippen LogP contribution in [0.1, 0.15) is 29.7 Å². The molecule has 204 valence electrons. The molecule has 0 saturated carbocycles. The molecule has 0 radical (unpaired) electrons. The molecule has 0 bridgehead atoms. The lowest BCUT2D eigenvalue weighted by molar-refractivity contribution is -0.139. The van der Waals surface area contributed by atoms with Gasteiger partial charge in [-0.25, -0.2) is 9.37 Å². The summed E-state index contributed by atoms with van der Waals surface area (Å²) >= 11 is 5.79. The Labute approximate surface area is 220 Å². The molecule has 13 heteroatoms. The number of halogens is 2. The SMILES string of the molecule is CCn1c(CC(CNC)N(C)C(=O)C=O)nc(C(=O)NCC2=CCC(Cl)=C(F)C=C2)c(O)c1=O.CNC. The summed E-state index contributed by atoms with van der Waals surface area (Å²) in [5.41, 5.74) is -0.710. The van der Waals surface area contributed by atoms with E-state index < -0.39 is 40.7 Å². The van der Waals surface area contributed by atoms with E-state index in [0.29, 0.717) is 5.57 Å². The smallest absolute Gasteiger partial charge is 0.296 e. The van der Waals surface area contributed by atoms with Gasteiger partial charge in [0.2, 0.25) is 12.0 Å². The van der Waals surface area contributed by atoms with Crippen molar-refractivity contribution in [3.05, 3.63) is 56.5 Å². The van der Waals surface area contributed by atoms with E-state index >= 15 is 0 Å². The first-order valence-electron chi connectivity index (χ1n) is 11.5. The molecule has 1 aromatic heterocycles. The van der Waals surface area contributed by atoms with Crippen LogP contribution in [-0.2, 0) is 22.6 Å². The van der Waals surface area contributed by atoms with E-state index in [0.717, 1.165) is 0 Å². The van der Waals surface area contributed by atoms with E-state index in [1.165, 1.54) is 28.7 Å². The number of carbonyl (C=O) groups is 3. The molecule has 0 spiro atoms. The number of nitrogens with one attached hydrogen (secondary N) is 3. The molecule has 11 nitrogen and oxygen atoms in total. The van der Waals surface area contributed by atoms with Crippen molar-refractivity contribution in [2.75, 3.05) is 41.3 Å². The maximum atomic E-state index is 13.6. The van der Waals surface area contributed by atoms with E-state index in [-0.39, 0.29) is 49.6 Å². The average molecular weight is 541 g/mol. The fourth-order valence-electron chi connectivity index (χ4n) is 3.34. The predicted octanol–water partition coefficient (Wildman–Crippen LogP) is 0.628. The molecular formula is C24H34ClFN6O5. The molecule has 1 atom stereocenters. The van der Waals surface area contributed by atoms with Crippen molar-refractivity contribution < 1.29 is 23.9 Å². The minimum absolute atomic E-state index is 0.0148. The molecule has 37 heavy (non-hydrogen) atoms. The number of likely N-dealkylation sites (N-methyl/N-ethyl adjacent to an activating group) is 2. The zero-order valence-electron chi connectivity index (χ0n) is 21.6. The molecule has 1 unspecified atom stereocenters. The second kappa shape index (κ2) is 15.7. The number of aromatic hydroxyl groups is 1. The second-order valence-corrected chi connectivity index (χ2v) is 8.47. The summed E-state index contributed by atoms with van der Waals surface area (Å²) in [4.78, 5) is 53.7. The Balaban J connectivity index is 0.00000217. The Morgan fingerprint density at radius 2 is 1.97 bits per heavy atom. The highest BCUT2D eigenvalue weighted by atomic mass is 35.5. The summed E-state index contributed by atoms with van der Waals surface area (Å²) in [6, 6.07) is -0.554. The summed E-state index contributed by atoms with van der Waals surface area (Å²) in [6.07, 6.45) is 4.67. The Morgan fingerprint density at radius 1 is 1.32 bits per heavy atom. The number of carbonyl (C=O) groups excluding carboxylic acids is 3. The molecule has 1 aliphatic carbocycles. The van der Waals surface area contributed by atoms with Gasteiger partial charge in [-0.1, -0.05) is 23.8 Å². The largest absolute Gasteiger partial charge is 0.501 e. The van der Waals surface area contributed by atoms with Gasteiger partial charge in [0.05, 0.1) is 11.1 Å². The number of hydrogen-bond acceptors (Lipinski definition) is 8. The lowest BCUT2D eigenvalue weighted by Crippen LogP contribution is -2.45. The monoisotopic (exact) mass is 540 g/mol. The molecule has 4 N–H and O–H groups in total. The van der Waals surface area contributed by atoms with Gasteiger partial charge in [0.25, 0.3) is 17.4 Å². The van der Waals surface area contributed by atoms with E-state index in [2.05, 4.69) is 20.9 Å². The van der Waals surface area contributed by atoms with Gasteiger partial charge in [-0.3, -0.25) is 23.7 Å². The number of amides is 2. The van der Waals surface area contributed by atoms with Gasteiger partial charge < -0.3 is 26.0 Å². The van der Waals surface area contributed by atoms with Crippen molar-refractivity contribution in [1.82, 2.24) is 30.4 Å². The Bertz CT molecular complexity index is 1130. The molecule has 1 aliphatic rings. The number of aldehydes is 1. The molecule has 0 aliphatic heterocycles. The van der Waals surface area contributed by atoms with Gasteiger partial charge in [-0.05, 0) is 39.7 Å². The number of rotatable bonds is 10. The quantitative estimate of drug-likeness (QED) is 0.250. The van der Waals surface area contributed by atoms with Crippen LogP contribution in [0, 0.1) is 0 Å². The Morgan fingerprint density at radius 3 is 2.54 bits per heavy atom. The van der Waals surface area contributed by atoms with Crippen LogP contribution in [0.2, 0.25) is 0 Å². The third kappa shape index (κ3) is 8.92. The van der Waals surface area contributed by atoms with Crippen LogP contribution in [0.25, 0.3) is 0 Å². The van der Waals surface area contributed by atoms with Gasteiger partial charge >= 0.3 is 0 Å². The highest BCUT2D eigenvalue weighted by Gasteiger charge is 2.25. The van der Waals surface area contributed by atoms with Gasteiger partial charge in [0.1, 0.15) is 11.7 Å². The third-order valence-corrected chi connectivity index (χ3v) is 5.64. The average Bonchev–Trinajstić information content (AvgIpc) is 3.04. The van der Waals surface area contributed by atoms with Crippen LogP contribution < -0.4 is 21.5 Å². The molecule has 2 amide bonds. The molecule has 1 heterocycles. The van der Waals surface area contributed by atoms with Crippen LogP contribution in [-0.4, -0.2) is 85.0 Å². The summed E-state index contributed by atoms with van der Waals surface area (Å²) in [7, 11) is 6.85. The van der Waals surface area contributed by atoms with Crippen molar-refractivity contribution in [3.63, 3.8) is 0 Å². The first kappa shape index (κ1) is 31.7. The normalized spacial score (nSPS) is 13.6. The highest BCUT2D eigenvalue weighted by molar-refractivity contribution is 6.30. The zero-order chi connectivity index (χ0) is 28.1. The van der Waals surface area contributed by atoms with Gasteiger partial charge in [-0.2, -0.15) is 0 Å². The van der Waals surface area contributed by atoms with Crippen LogP contribution in [0.15, 0.2) is 39.5 Å². The van der Waals surface area contributed by atoms with E-state index in [4.69, 9.17) is 11.6 Å². The third-order valence-electron chi connectivity index (χ3n) is 5.31.